The molecule has 0 spiro atoms. The molecule has 1 saturated heterocycles. The van der Waals surface area contributed by atoms with Crippen molar-refractivity contribution in [3.05, 3.63) is 65.2 Å². The van der Waals surface area contributed by atoms with Gasteiger partial charge in [0, 0.05) is 19.5 Å². The molecule has 0 radical (unpaired) electrons. The van der Waals surface area contributed by atoms with Crippen LogP contribution in [0.2, 0.25) is 0 Å². The maximum absolute atomic E-state index is 14.0. The topological polar surface area (TPSA) is 73.2 Å². The summed E-state index contributed by atoms with van der Waals surface area (Å²) in [6.07, 6.45) is 0. The zero-order valence-electron chi connectivity index (χ0n) is 13.9. The van der Waals surface area contributed by atoms with Gasteiger partial charge in [-0.05, 0) is 29.8 Å². The fraction of sp³-hybridized carbons (Fsp3) is 0.211. The number of nitrogens with zero attached hydrogens (tertiary/aromatic N) is 2. The van der Waals surface area contributed by atoms with Gasteiger partial charge in [-0.3, -0.25) is 9.59 Å². The monoisotopic (exact) mass is 355 g/mol. The zero-order chi connectivity index (χ0) is 18.8. The van der Waals surface area contributed by atoms with E-state index in [1.54, 1.807) is 19.2 Å². The molecule has 5 nitrogen and oxygen atoms in total. The molecule has 1 N–H and O–H groups in total. The molecular weight excluding hydrogens is 340 g/mol. The number of halogens is 2. The number of likely N-dealkylation sites (tertiary alicyclic amines) is 1. The molecule has 0 unspecified atom stereocenters. The Balaban J connectivity index is 1.91. The lowest BCUT2D eigenvalue weighted by molar-refractivity contribution is -0.135. The summed E-state index contributed by atoms with van der Waals surface area (Å²) in [5, 5.41) is 11.3. The largest absolute Gasteiger partial charge is 0.344 e. The molecule has 7 heteroatoms. The molecule has 2 amide bonds. The highest BCUT2D eigenvalue weighted by atomic mass is 19.1. The Hall–Kier alpha value is -3.27. The molecule has 2 aromatic rings. The second-order valence-corrected chi connectivity index (χ2v) is 6.12. The van der Waals surface area contributed by atoms with Crippen molar-refractivity contribution in [1.82, 2.24) is 4.90 Å². The van der Waals surface area contributed by atoms with E-state index in [1.165, 1.54) is 41.3 Å². The van der Waals surface area contributed by atoms with E-state index in [9.17, 15) is 18.4 Å². The van der Waals surface area contributed by atoms with Gasteiger partial charge in [0.15, 0.2) is 0 Å². The average Bonchev–Trinajstić information content (AvgIpc) is 2.92. The Morgan fingerprint density at radius 1 is 1.23 bits per heavy atom. The number of likely N-dealkylation sites (N-methyl/N-ethyl adjacent to an activating group) is 1. The highest BCUT2D eigenvalue weighted by molar-refractivity contribution is 6.08. The minimum absolute atomic E-state index is 0.0235. The molecule has 2 aromatic carbocycles. The molecule has 3 rings (SSSR count). The molecule has 1 aliphatic rings. The maximum Gasteiger partial charge on any atom is 0.237 e. The number of benzene rings is 2. The number of hydrogen-bond acceptors (Lipinski definition) is 3. The summed E-state index contributed by atoms with van der Waals surface area (Å²) in [5.41, 5.74) is 0.302. The van der Waals surface area contributed by atoms with E-state index < -0.39 is 35.3 Å². The van der Waals surface area contributed by atoms with Gasteiger partial charge in [-0.2, -0.15) is 5.26 Å². The smallest absolute Gasteiger partial charge is 0.237 e. The number of rotatable bonds is 3. The maximum atomic E-state index is 14.0. The number of anilines is 1. The van der Waals surface area contributed by atoms with Crippen molar-refractivity contribution >= 4 is 17.5 Å². The second kappa shape index (κ2) is 6.92. The molecule has 26 heavy (non-hydrogen) atoms. The standard InChI is InChI=1S/C19H15F2N3O2/c1-24-10-13(11-6-7-12(9-22)15(21)8-11)17(19(24)26)18(25)23-16-5-3-2-4-14(16)20/h2-8,13,17H,10H2,1H3,(H,23,25)/t13-,17+/m1/s1. The second-order valence-electron chi connectivity index (χ2n) is 6.12. The number of carbonyl (C=O) groups is 2. The summed E-state index contributed by atoms with van der Waals surface area (Å²) in [4.78, 5) is 26.5. The third-order valence-corrected chi connectivity index (χ3v) is 4.47. The SMILES string of the molecule is CN1C[C@H](c2ccc(C#N)c(F)c2)[C@@H](C(=O)Nc2ccccc2F)C1=O. The van der Waals surface area contributed by atoms with Crippen molar-refractivity contribution in [2.45, 2.75) is 5.92 Å². The van der Waals surface area contributed by atoms with E-state index in [1.807, 2.05) is 0 Å². The van der Waals surface area contributed by atoms with Crippen LogP contribution >= 0.6 is 0 Å². The molecule has 0 aliphatic carbocycles. The fourth-order valence-corrected chi connectivity index (χ4v) is 3.12. The van der Waals surface area contributed by atoms with Crippen molar-refractivity contribution < 1.29 is 18.4 Å². The number of nitrogens with one attached hydrogen (secondary N) is 1. The fourth-order valence-electron chi connectivity index (χ4n) is 3.12. The van der Waals surface area contributed by atoms with E-state index in [0.717, 1.165) is 0 Å². The predicted octanol–water partition coefficient (Wildman–Crippen LogP) is 2.65. The van der Waals surface area contributed by atoms with E-state index in [2.05, 4.69) is 5.32 Å². The Morgan fingerprint density at radius 3 is 2.62 bits per heavy atom. The van der Waals surface area contributed by atoms with Crippen molar-refractivity contribution in [2.24, 2.45) is 5.92 Å². The van der Waals surface area contributed by atoms with Gasteiger partial charge in [0.25, 0.3) is 0 Å². The van der Waals surface area contributed by atoms with Gasteiger partial charge < -0.3 is 10.2 Å². The first-order valence-corrected chi connectivity index (χ1v) is 7.92. The third-order valence-electron chi connectivity index (χ3n) is 4.47. The van der Waals surface area contributed by atoms with E-state index in [4.69, 9.17) is 5.26 Å². The van der Waals surface area contributed by atoms with E-state index in [-0.39, 0.29) is 17.8 Å². The highest BCUT2D eigenvalue weighted by Gasteiger charge is 2.44. The van der Waals surface area contributed by atoms with Crippen LogP contribution < -0.4 is 5.32 Å². The zero-order valence-corrected chi connectivity index (χ0v) is 13.9. The lowest BCUT2D eigenvalue weighted by Gasteiger charge is -2.17. The molecule has 132 valence electrons. The molecule has 1 fully saturated rings. The highest BCUT2D eigenvalue weighted by Crippen LogP contribution is 2.34. The van der Waals surface area contributed by atoms with Crippen LogP contribution in [-0.2, 0) is 9.59 Å². The first-order chi connectivity index (χ1) is 12.4. The third kappa shape index (κ3) is 3.14. The molecule has 0 bridgehead atoms. The number of amides is 2. The van der Waals surface area contributed by atoms with Crippen LogP contribution in [0.25, 0.3) is 0 Å². The Morgan fingerprint density at radius 2 is 1.96 bits per heavy atom. The van der Waals surface area contributed by atoms with Gasteiger partial charge >= 0.3 is 0 Å². The Labute approximate surface area is 148 Å². The number of nitriles is 1. The van der Waals surface area contributed by atoms with Crippen LogP contribution in [0.5, 0.6) is 0 Å². The molecular formula is C19H15F2N3O2. The Kier molecular flexibility index (Phi) is 4.67. The van der Waals surface area contributed by atoms with Gasteiger partial charge in [-0.1, -0.05) is 18.2 Å². The quantitative estimate of drug-likeness (QED) is 0.861. The van der Waals surface area contributed by atoms with Crippen molar-refractivity contribution in [3.8, 4) is 6.07 Å². The molecule has 0 aromatic heterocycles. The van der Waals surface area contributed by atoms with Crippen LogP contribution in [0.4, 0.5) is 14.5 Å². The minimum Gasteiger partial charge on any atom is -0.344 e. The lowest BCUT2D eigenvalue weighted by Crippen LogP contribution is -2.33. The van der Waals surface area contributed by atoms with Gasteiger partial charge in [0.1, 0.15) is 23.6 Å². The first kappa shape index (κ1) is 17.5. The minimum atomic E-state index is -1.10. The van der Waals surface area contributed by atoms with Crippen LogP contribution in [0.15, 0.2) is 42.5 Å². The van der Waals surface area contributed by atoms with Crippen LogP contribution in [-0.4, -0.2) is 30.3 Å². The van der Waals surface area contributed by atoms with Crippen molar-refractivity contribution in [1.29, 1.82) is 5.26 Å². The number of para-hydroxylation sites is 1. The van der Waals surface area contributed by atoms with Crippen LogP contribution in [0.3, 0.4) is 0 Å². The summed E-state index contributed by atoms with van der Waals surface area (Å²) < 4.78 is 27.7. The van der Waals surface area contributed by atoms with Gasteiger partial charge in [0.2, 0.25) is 11.8 Å². The lowest BCUT2D eigenvalue weighted by atomic mass is 9.87. The molecule has 0 saturated carbocycles. The van der Waals surface area contributed by atoms with Crippen molar-refractivity contribution in [2.75, 3.05) is 18.9 Å². The normalized spacial score (nSPS) is 19.3. The summed E-state index contributed by atoms with van der Waals surface area (Å²) in [6.45, 7) is 0.222. The molecule has 1 aliphatic heterocycles. The summed E-state index contributed by atoms with van der Waals surface area (Å²) in [5.74, 6) is -4.10. The number of hydrogen-bond donors (Lipinski definition) is 1. The summed E-state index contributed by atoms with van der Waals surface area (Å²) in [7, 11) is 1.55. The van der Waals surface area contributed by atoms with Crippen molar-refractivity contribution in [3.63, 3.8) is 0 Å². The summed E-state index contributed by atoms with van der Waals surface area (Å²) >= 11 is 0. The van der Waals surface area contributed by atoms with Crippen LogP contribution in [0, 0.1) is 28.9 Å². The van der Waals surface area contributed by atoms with Gasteiger partial charge in [0.05, 0.1) is 11.3 Å². The summed E-state index contributed by atoms with van der Waals surface area (Å²) in [6, 6.07) is 11.4. The average molecular weight is 355 g/mol. The molecule has 1 heterocycles. The van der Waals surface area contributed by atoms with Gasteiger partial charge in [-0.15, -0.1) is 0 Å². The van der Waals surface area contributed by atoms with E-state index >= 15 is 0 Å². The van der Waals surface area contributed by atoms with E-state index in [0.29, 0.717) is 5.56 Å². The Bertz CT molecular complexity index is 923. The molecule has 2 atom stereocenters. The number of carbonyl (C=O) groups excluding carboxylic acids is 2. The van der Waals surface area contributed by atoms with Gasteiger partial charge in [-0.25, -0.2) is 8.78 Å². The van der Waals surface area contributed by atoms with Crippen LogP contribution in [0.1, 0.15) is 17.0 Å². The first-order valence-electron chi connectivity index (χ1n) is 7.92. The predicted molar refractivity (Wildman–Crippen MR) is 90.0 cm³/mol.